The summed E-state index contributed by atoms with van der Waals surface area (Å²) in [6.07, 6.45) is 2.79. The molecule has 0 aliphatic carbocycles. The quantitative estimate of drug-likeness (QED) is 0.706. The van der Waals surface area contributed by atoms with Gasteiger partial charge < -0.3 is 15.3 Å². The lowest BCUT2D eigenvalue weighted by molar-refractivity contribution is 0.220. The molecule has 0 unspecified atom stereocenters. The van der Waals surface area contributed by atoms with Crippen molar-refractivity contribution in [1.29, 1.82) is 0 Å². The Morgan fingerprint density at radius 2 is 2.58 bits per heavy atom. The Hall–Kier alpha value is -1.06. The molecule has 0 saturated carbocycles. The Kier molecular flexibility index (Phi) is 3.08. The molecule has 12 heavy (non-hydrogen) atoms. The van der Waals surface area contributed by atoms with E-state index in [2.05, 4.69) is 0 Å². The Bertz CT molecular complexity index is 252. The Labute approximate surface area is 71.5 Å². The van der Waals surface area contributed by atoms with Gasteiger partial charge in [-0.05, 0) is 30.7 Å². The molecule has 1 aromatic heterocycles. The molecule has 1 heterocycles. The van der Waals surface area contributed by atoms with E-state index in [4.69, 9.17) is 10.2 Å². The second-order valence-electron chi connectivity index (χ2n) is 2.66. The van der Waals surface area contributed by atoms with Gasteiger partial charge >= 0.3 is 0 Å². The highest BCUT2D eigenvalue weighted by molar-refractivity contribution is 5.47. The van der Waals surface area contributed by atoms with Crippen LogP contribution in [0.2, 0.25) is 0 Å². The maximum absolute atomic E-state index is 9.29. The van der Waals surface area contributed by atoms with Gasteiger partial charge in [0, 0.05) is 6.54 Å². The number of hydrogen-bond donors (Lipinski definition) is 2. The van der Waals surface area contributed by atoms with E-state index in [1.54, 1.807) is 18.4 Å². The standard InChI is InChI=1S/C9H13NO2/c1-7(9(11)6-10)5-8-3-2-4-12-8/h2-5,9,11H,6,10H2,1H3/b7-5+/t9-/m0/s1. The molecular weight excluding hydrogens is 154 g/mol. The molecule has 0 aliphatic rings. The van der Waals surface area contributed by atoms with Crippen molar-refractivity contribution in [3.63, 3.8) is 0 Å². The van der Waals surface area contributed by atoms with Crippen LogP contribution in [0.25, 0.3) is 6.08 Å². The average molecular weight is 167 g/mol. The zero-order chi connectivity index (χ0) is 8.97. The Morgan fingerprint density at radius 1 is 1.83 bits per heavy atom. The molecule has 0 bridgehead atoms. The zero-order valence-corrected chi connectivity index (χ0v) is 7.03. The van der Waals surface area contributed by atoms with Gasteiger partial charge in [-0.2, -0.15) is 0 Å². The molecule has 0 saturated heterocycles. The van der Waals surface area contributed by atoms with Crippen molar-refractivity contribution >= 4 is 6.08 Å². The van der Waals surface area contributed by atoms with Gasteiger partial charge in [0.2, 0.25) is 0 Å². The summed E-state index contributed by atoms with van der Waals surface area (Å²) in [5.41, 5.74) is 6.09. The number of nitrogens with two attached hydrogens (primary N) is 1. The van der Waals surface area contributed by atoms with E-state index in [9.17, 15) is 5.11 Å². The molecule has 0 aromatic carbocycles. The molecule has 0 spiro atoms. The summed E-state index contributed by atoms with van der Waals surface area (Å²) >= 11 is 0. The predicted molar refractivity (Wildman–Crippen MR) is 47.4 cm³/mol. The van der Waals surface area contributed by atoms with Gasteiger partial charge in [0.1, 0.15) is 5.76 Å². The SMILES string of the molecule is C/C(=C\c1ccco1)[C@@H](O)CN. The highest BCUT2D eigenvalue weighted by Gasteiger charge is 2.03. The minimum Gasteiger partial charge on any atom is -0.465 e. The lowest BCUT2D eigenvalue weighted by Crippen LogP contribution is -2.20. The first kappa shape index (κ1) is 9.03. The second-order valence-corrected chi connectivity index (χ2v) is 2.66. The molecule has 3 N–H and O–H groups in total. The second kappa shape index (κ2) is 4.09. The van der Waals surface area contributed by atoms with Crippen LogP contribution in [0.15, 0.2) is 28.4 Å². The van der Waals surface area contributed by atoms with E-state index in [-0.39, 0.29) is 6.54 Å². The van der Waals surface area contributed by atoms with Crippen LogP contribution in [-0.2, 0) is 0 Å². The fourth-order valence-electron chi connectivity index (χ4n) is 0.880. The van der Waals surface area contributed by atoms with Gasteiger partial charge in [-0.25, -0.2) is 0 Å². The molecule has 0 radical (unpaired) electrons. The van der Waals surface area contributed by atoms with E-state index in [1.165, 1.54) is 0 Å². The van der Waals surface area contributed by atoms with Crippen molar-refractivity contribution in [3.8, 4) is 0 Å². The molecule has 3 nitrogen and oxygen atoms in total. The lowest BCUT2D eigenvalue weighted by atomic mass is 10.1. The Balaban J connectivity index is 2.69. The van der Waals surface area contributed by atoms with E-state index in [0.29, 0.717) is 0 Å². The summed E-state index contributed by atoms with van der Waals surface area (Å²) in [6.45, 7) is 2.06. The van der Waals surface area contributed by atoms with Crippen LogP contribution in [0, 0.1) is 0 Å². The highest BCUT2D eigenvalue weighted by Crippen LogP contribution is 2.09. The minimum atomic E-state index is -0.574. The van der Waals surface area contributed by atoms with Crippen molar-refractivity contribution in [3.05, 3.63) is 29.7 Å². The van der Waals surface area contributed by atoms with Crippen molar-refractivity contribution in [2.24, 2.45) is 5.73 Å². The van der Waals surface area contributed by atoms with Gasteiger partial charge in [0.05, 0.1) is 12.4 Å². The van der Waals surface area contributed by atoms with Gasteiger partial charge in [-0.1, -0.05) is 0 Å². The molecule has 3 heteroatoms. The van der Waals surface area contributed by atoms with Gasteiger partial charge in [0.25, 0.3) is 0 Å². The first-order chi connectivity index (χ1) is 5.74. The molecule has 66 valence electrons. The van der Waals surface area contributed by atoms with Crippen molar-refractivity contribution in [1.82, 2.24) is 0 Å². The maximum Gasteiger partial charge on any atom is 0.126 e. The van der Waals surface area contributed by atoms with Crippen LogP contribution >= 0.6 is 0 Å². The van der Waals surface area contributed by atoms with E-state index < -0.39 is 6.10 Å². The van der Waals surface area contributed by atoms with Gasteiger partial charge in [-0.15, -0.1) is 0 Å². The van der Waals surface area contributed by atoms with Crippen LogP contribution in [-0.4, -0.2) is 17.8 Å². The van der Waals surface area contributed by atoms with Crippen molar-refractivity contribution in [2.75, 3.05) is 6.54 Å². The Morgan fingerprint density at radius 3 is 3.08 bits per heavy atom. The van der Waals surface area contributed by atoms with Gasteiger partial charge in [-0.3, -0.25) is 0 Å². The molecule has 1 atom stereocenters. The fourth-order valence-corrected chi connectivity index (χ4v) is 0.880. The minimum absolute atomic E-state index is 0.239. The average Bonchev–Trinajstić information content (AvgIpc) is 2.55. The summed E-state index contributed by atoms with van der Waals surface area (Å²) in [4.78, 5) is 0. The van der Waals surface area contributed by atoms with Crippen molar-refractivity contribution in [2.45, 2.75) is 13.0 Å². The molecular formula is C9H13NO2. The van der Waals surface area contributed by atoms with Crippen LogP contribution in [0.1, 0.15) is 12.7 Å². The third kappa shape index (κ3) is 2.22. The molecule has 0 aliphatic heterocycles. The fraction of sp³-hybridized carbons (Fsp3) is 0.333. The smallest absolute Gasteiger partial charge is 0.126 e. The van der Waals surface area contributed by atoms with Crippen LogP contribution in [0.4, 0.5) is 0 Å². The summed E-state index contributed by atoms with van der Waals surface area (Å²) < 4.78 is 5.07. The molecule has 0 amide bonds. The summed E-state index contributed by atoms with van der Waals surface area (Å²) in [5, 5.41) is 9.29. The van der Waals surface area contributed by atoms with Crippen LogP contribution in [0.3, 0.4) is 0 Å². The van der Waals surface area contributed by atoms with E-state index in [1.807, 2.05) is 13.0 Å². The van der Waals surface area contributed by atoms with E-state index >= 15 is 0 Å². The van der Waals surface area contributed by atoms with Crippen LogP contribution in [0.5, 0.6) is 0 Å². The number of aliphatic hydroxyl groups is 1. The van der Waals surface area contributed by atoms with Crippen molar-refractivity contribution < 1.29 is 9.52 Å². The normalized spacial score (nSPS) is 14.8. The van der Waals surface area contributed by atoms with Crippen LogP contribution < -0.4 is 5.73 Å². The number of aliphatic hydroxyl groups excluding tert-OH is 1. The third-order valence-electron chi connectivity index (χ3n) is 1.66. The zero-order valence-electron chi connectivity index (χ0n) is 7.03. The molecule has 1 aromatic rings. The highest BCUT2D eigenvalue weighted by atomic mass is 16.3. The van der Waals surface area contributed by atoms with E-state index in [0.717, 1.165) is 11.3 Å². The molecule has 1 rings (SSSR count). The first-order valence-electron chi connectivity index (χ1n) is 3.84. The predicted octanol–water partition coefficient (Wildman–Crippen LogP) is 1.00. The topological polar surface area (TPSA) is 59.4 Å². The summed E-state index contributed by atoms with van der Waals surface area (Å²) in [6, 6.07) is 3.63. The summed E-state index contributed by atoms with van der Waals surface area (Å²) in [7, 11) is 0. The molecule has 0 fully saturated rings. The lowest BCUT2D eigenvalue weighted by Gasteiger charge is -2.06. The summed E-state index contributed by atoms with van der Waals surface area (Å²) in [5.74, 6) is 0.736. The first-order valence-corrected chi connectivity index (χ1v) is 3.84. The third-order valence-corrected chi connectivity index (χ3v) is 1.66. The number of hydrogen-bond acceptors (Lipinski definition) is 3. The largest absolute Gasteiger partial charge is 0.465 e. The monoisotopic (exact) mass is 167 g/mol. The maximum atomic E-state index is 9.29. The number of furan rings is 1. The number of rotatable bonds is 3. The van der Waals surface area contributed by atoms with Gasteiger partial charge in [0.15, 0.2) is 0 Å².